The second-order valence-electron chi connectivity index (χ2n) is 9.14. The van der Waals surface area contributed by atoms with E-state index in [1.54, 1.807) is 10.6 Å². The van der Waals surface area contributed by atoms with E-state index in [9.17, 15) is 9.59 Å². The van der Waals surface area contributed by atoms with E-state index in [1.165, 1.54) is 0 Å². The molecule has 0 bridgehead atoms. The summed E-state index contributed by atoms with van der Waals surface area (Å²) in [5.74, 6) is 0.939. The van der Waals surface area contributed by atoms with Crippen LogP contribution in [0, 0.1) is 12.8 Å². The highest BCUT2D eigenvalue weighted by Crippen LogP contribution is 2.26. The third-order valence-electron chi connectivity index (χ3n) is 6.24. The molecule has 34 heavy (non-hydrogen) atoms. The maximum absolute atomic E-state index is 13.8. The van der Waals surface area contributed by atoms with E-state index >= 15 is 0 Å². The lowest BCUT2D eigenvalue weighted by Gasteiger charge is -2.31. The molecule has 0 fully saturated rings. The number of fused-ring (bicyclic) bond motifs is 1. The SMILES string of the molecule is Cc1ccccc1C(=O)N(CCC(C)C)C(C)c1nc2ccccc2c(=O)n1-c1ccccc1. The van der Waals surface area contributed by atoms with E-state index in [0.29, 0.717) is 34.8 Å². The zero-order valence-corrected chi connectivity index (χ0v) is 20.2. The number of amides is 1. The Kier molecular flexibility index (Phi) is 6.92. The Morgan fingerprint density at radius 1 is 0.912 bits per heavy atom. The van der Waals surface area contributed by atoms with Crippen LogP contribution in [0.3, 0.4) is 0 Å². The molecule has 0 radical (unpaired) electrons. The van der Waals surface area contributed by atoms with Gasteiger partial charge in [-0.1, -0.05) is 62.4 Å². The molecule has 3 aromatic carbocycles. The van der Waals surface area contributed by atoms with E-state index in [1.807, 2.05) is 91.5 Å². The molecule has 0 N–H and O–H groups in total. The second kappa shape index (κ2) is 10.0. The molecule has 4 rings (SSSR count). The minimum atomic E-state index is -0.414. The van der Waals surface area contributed by atoms with Crippen LogP contribution >= 0.6 is 0 Å². The van der Waals surface area contributed by atoms with Crippen molar-refractivity contribution in [1.82, 2.24) is 14.5 Å². The number of aryl methyl sites for hydroxylation is 1. The molecule has 0 aliphatic carbocycles. The molecule has 0 saturated heterocycles. The minimum Gasteiger partial charge on any atom is -0.329 e. The van der Waals surface area contributed by atoms with Crippen molar-refractivity contribution < 1.29 is 4.79 Å². The van der Waals surface area contributed by atoms with Crippen LogP contribution in [0.1, 0.15) is 55.0 Å². The smallest absolute Gasteiger partial charge is 0.266 e. The van der Waals surface area contributed by atoms with Gasteiger partial charge in [0, 0.05) is 12.1 Å². The van der Waals surface area contributed by atoms with Gasteiger partial charge in [-0.25, -0.2) is 4.98 Å². The highest BCUT2D eigenvalue weighted by atomic mass is 16.2. The van der Waals surface area contributed by atoms with Crippen molar-refractivity contribution >= 4 is 16.8 Å². The highest BCUT2D eigenvalue weighted by molar-refractivity contribution is 5.96. The first kappa shape index (κ1) is 23.4. The predicted molar refractivity (Wildman–Crippen MR) is 137 cm³/mol. The lowest BCUT2D eigenvalue weighted by Crippen LogP contribution is -2.38. The molecule has 1 unspecified atom stereocenters. The lowest BCUT2D eigenvalue weighted by atomic mass is 10.0. The van der Waals surface area contributed by atoms with Crippen LogP contribution < -0.4 is 5.56 Å². The standard InChI is InChI=1S/C29H31N3O2/c1-20(2)18-19-31(28(33)24-15-9-8-12-21(24)3)22(4)27-30-26-17-11-10-16-25(26)29(34)32(27)23-13-6-5-7-14-23/h5-17,20,22H,18-19H2,1-4H3. The van der Waals surface area contributed by atoms with Crippen molar-refractivity contribution in [2.45, 2.75) is 40.2 Å². The first-order valence-electron chi connectivity index (χ1n) is 11.8. The number of nitrogens with zero attached hydrogens (tertiary/aromatic N) is 3. The molecule has 1 aromatic heterocycles. The van der Waals surface area contributed by atoms with Crippen LogP contribution in [0.5, 0.6) is 0 Å². The molecule has 1 heterocycles. The quantitative estimate of drug-likeness (QED) is 0.348. The third kappa shape index (κ3) is 4.65. The van der Waals surface area contributed by atoms with Crippen molar-refractivity contribution in [3.8, 4) is 5.69 Å². The molecule has 0 spiro atoms. The maximum Gasteiger partial charge on any atom is 0.266 e. The van der Waals surface area contributed by atoms with Gasteiger partial charge >= 0.3 is 0 Å². The van der Waals surface area contributed by atoms with Gasteiger partial charge in [0.2, 0.25) is 0 Å². The highest BCUT2D eigenvalue weighted by Gasteiger charge is 2.28. The Hall–Kier alpha value is -3.73. The third-order valence-corrected chi connectivity index (χ3v) is 6.24. The van der Waals surface area contributed by atoms with Crippen molar-refractivity contribution in [2.24, 2.45) is 5.92 Å². The molecule has 0 aliphatic heterocycles. The number of para-hydroxylation sites is 2. The Morgan fingerprint density at radius 3 is 2.26 bits per heavy atom. The molecule has 5 heteroatoms. The van der Waals surface area contributed by atoms with Crippen molar-refractivity contribution in [3.05, 3.63) is 106 Å². The second-order valence-corrected chi connectivity index (χ2v) is 9.14. The Labute approximate surface area is 200 Å². The van der Waals surface area contributed by atoms with Crippen molar-refractivity contribution in [1.29, 1.82) is 0 Å². The maximum atomic E-state index is 13.8. The number of carbonyl (C=O) groups excluding carboxylic acids is 1. The minimum absolute atomic E-state index is 0.0479. The Bertz CT molecular complexity index is 1360. The van der Waals surface area contributed by atoms with E-state index in [2.05, 4.69) is 13.8 Å². The summed E-state index contributed by atoms with van der Waals surface area (Å²) in [6.07, 6.45) is 0.852. The van der Waals surface area contributed by atoms with Crippen LogP contribution in [0.4, 0.5) is 0 Å². The van der Waals surface area contributed by atoms with E-state index in [4.69, 9.17) is 4.98 Å². The molecule has 1 amide bonds. The van der Waals surface area contributed by atoms with Gasteiger partial charge in [-0.3, -0.25) is 14.2 Å². The van der Waals surface area contributed by atoms with Crippen LogP contribution in [-0.4, -0.2) is 26.9 Å². The first-order chi connectivity index (χ1) is 16.4. The van der Waals surface area contributed by atoms with E-state index < -0.39 is 6.04 Å². The van der Waals surface area contributed by atoms with Gasteiger partial charge in [0.05, 0.1) is 22.6 Å². The number of hydrogen-bond acceptors (Lipinski definition) is 3. The summed E-state index contributed by atoms with van der Waals surface area (Å²) in [5.41, 5.74) is 2.84. The number of carbonyl (C=O) groups is 1. The Morgan fingerprint density at radius 2 is 1.56 bits per heavy atom. The number of hydrogen-bond donors (Lipinski definition) is 0. The summed E-state index contributed by atoms with van der Waals surface area (Å²) >= 11 is 0. The Balaban J connectivity index is 1.90. The summed E-state index contributed by atoms with van der Waals surface area (Å²) in [7, 11) is 0. The fourth-order valence-electron chi connectivity index (χ4n) is 4.23. The van der Waals surface area contributed by atoms with Crippen LogP contribution in [0.15, 0.2) is 83.7 Å². The van der Waals surface area contributed by atoms with Gasteiger partial charge in [-0.05, 0) is 62.1 Å². The summed E-state index contributed by atoms with van der Waals surface area (Å²) < 4.78 is 1.65. The van der Waals surface area contributed by atoms with Gasteiger partial charge in [0.1, 0.15) is 5.82 Å². The van der Waals surface area contributed by atoms with Crippen molar-refractivity contribution in [3.63, 3.8) is 0 Å². The predicted octanol–water partition coefficient (Wildman–Crippen LogP) is 5.94. The fraction of sp³-hybridized carbons (Fsp3) is 0.276. The summed E-state index contributed by atoms with van der Waals surface area (Å²) in [4.78, 5) is 34.2. The van der Waals surface area contributed by atoms with Gasteiger partial charge in [0.15, 0.2) is 0 Å². The lowest BCUT2D eigenvalue weighted by molar-refractivity contribution is 0.0670. The average Bonchev–Trinajstić information content (AvgIpc) is 2.84. The van der Waals surface area contributed by atoms with Gasteiger partial charge in [-0.15, -0.1) is 0 Å². The molecule has 4 aromatic rings. The summed E-state index contributed by atoms with van der Waals surface area (Å²) in [6.45, 7) is 8.78. The van der Waals surface area contributed by atoms with Gasteiger partial charge in [-0.2, -0.15) is 0 Å². The number of benzene rings is 3. The largest absolute Gasteiger partial charge is 0.329 e. The van der Waals surface area contributed by atoms with Gasteiger partial charge in [0.25, 0.3) is 11.5 Å². The normalized spacial score (nSPS) is 12.1. The zero-order chi connectivity index (χ0) is 24.2. The molecule has 0 aliphatic rings. The van der Waals surface area contributed by atoms with Crippen molar-refractivity contribution in [2.75, 3.05) is 6.54 Å². The number of rotatable bonds is 7. The molecule has 1 atom stereocenters. The zero-order valence-electron chi connectivity index (χ0n) is 20.2. The van der Waals surface area contributed by atoms with Gasteiger partial charge < -0.3 is 4.90 Å². The van der Waals surface area contributed by atoms with Crippen LogP contribution in [-0.2, 0) is 0 Å². The topological polar surface area (TPSA) is 55.2 Å². The first-order valence-corrected chi connectivity index (χ1v) is 11.8. The summed E-state index contributed by atoms with van der Waals surface area (Å²) in [6, 6.07) is 24.1. The molecular weight excluding hydrogens is 422 g/mol. The monoisotopic (exact) mass is 453 g/mol. The molecular formula is C29H31N3O2. The fourth-order valence-corrected chi connectivity index (χ4v) is 4.23. The average molecular weight is 454 g/mol. The molecule has 5 nitrogen and oxygen atoms in total. The van der Waals surface area contributed by atoms with E-state index in [-0.39, 0.29) is 11.5 Å². The molecule has 174 valence electrons. The van der Waals surface area contributed by atoms with Crippen LogP contribution in [0.2, 0.25) is 0 Å². The number of aromatic nitrogens is 2. The summed E-state index contributed by atoms with van der Waals surface area (Å²) in [5, 5.41) is 0.557. The van der Waals surface area contributed by atoms with E-state index in [0.717, 1.165) is 17.7 Å². The molecule has 0 saturated carbocycles. The van der Waals surface area contributed by atoms with Crippen LogP contribution in [0.25, 0.3) is 16.6 Å².